The van der Waals surface area contributed by atoms with Gasteiger partial charge in [0.2, 0.25) is 11.8 Å². The Morgan fingerprint density at radius 1 is 1.35 bits per heavy atom. The highest BCUT2D eigenvalue weighted by Gasteiger charge is 2.23. The van der Waals surface area contributed by atoms with Crippen molar-refractivity contribution in [3.63, 3.8) is 0 Å². The van der Waals surface area contributed by atoms with Gasteiger partial charge in [0.25, 0.3) is 5.91 Å². The van der Waals surface area contributed by atoms with E-state index in [4.69, 9.17) is 4.52 Å². The van der Waals surface area contributed by atoms with Crippen LogP contribution in [0.25, 0.3) is 0 Å². The first-order chi connectivity index (χ1) is 12.3. The van der Waals surface area contributed by atoms with E-state index >= 15 is 0 Å². The number of hydrogen-bond donors (Lipinski definition) is 1. The second-order valence-electron chi connectivity index (χ2n) is 7.47. The van der Waals surface area contributed by atoms with Crippen molar-refractivity contribution in [3.05, 3.63) is 41.5 Å². The lowest BCUT2D eigenvalue weighted by Crippen LogP contribution is -2.27. The Kier molecular flexibility index (Phi) is 5.06. The molecule has 0 saturated carbocycles. The SMILES string of the molecule is CC(C)(C)c1nc(CCNC(=O)c2cccc(N3CCCC3=O)c2)no1. The van der Waals surface area contributed by atoms with Gasteiger partial charge in [-0.05, 0) is 24.6 Å². The molecule has 1 aliphatic rings. The Morgan fingerprint density at radius 2 is 2.15 bits per heavy atom. The number of benzene rings is 1. The maximum Gasteiger partial charge on any atom is 0.251 e. The molecule has 1 fully saturated rings. The first-order valence-electron chi connectivity index (χ1n) is 8.86. The summed E-state index contributed by atoms with van der Waals surface area (Å²) in [5.41, 5.74) is 1.11. The van der Waals surface area contributed by atoms with Gasteiger partial charge in [-0.25, -0.2) is 0 Å². The summed E-state index contributed by atoms with van der Waals surface area (Å²) in [7, 11) is 0. The lowest BCUT2D eigenvalue weighted by molar-refractivity contribution is -0.117. The smallest absolute Gasteiger partial charge is 0.251 e. The third kappa shape index (κ3) is 4.09. The molecular formula is C19H24N4O3. The van der Waals surface area contributed by atoms with Gasteiger partial charge < -0.3 is 14.7 Å². The first-order valence-corrected chi connectivity index (χ1v) is 8.86. The number of rotatable bonds is 5. The van der Waals surface area contributed by atoms with E-state index in [1.165, 1.54) is 0 Å². The van der Waals surface area contributed by atoms with Gasteiger partial charge in [-0.2, -0.15) is 4.98 Å². The molecule has 26 heavy (non-hydrogen) atoms. The van der Waals surface area contributed by atoms with E-state index in [-0.39, 0.29) is 17.2 Å². The molecule has 0 spiro atoms. The van der Waals surface area contributed by atoms with E-state index in [0.717, 1.165) is 12.1 Å². The summed E-state index contributed by atoms with van der Waals surface area (Å²) in [6.45, 7) is 7.13. The van der Waals surface area contributed by atoms with Crippen molar-refractivity contribution in [2.45, 2.75) is 45.4 Å². The zero-order chi connectivity index (χ0) is 18.7. The highest BCUT2D eigenvalue weighted by Crippen LogP contribution is 2.22. The third-order valence-electron chi connectivity index (χ3n) is 4.24. The molecule has 2 aromatic rings. The molecule has 0 aliphatic carbocycles. The topological polar surface area (TPSA) is 88.3 Å². The molecule has 7 heteroatoms. The summed E-state index contributed by atoms with van der Waals surface area (Å²) in [4.78, 5) is 30.3. The molecule has 2 heterocycles. The molecule has 1 N–H and O–H groups in total. The van der Waals surface area contributed by atoms with Gasteiger partial charge in [0.1, 0.15) is 0 Å². The fraction of sp³-hybridized carbons (Fsp3) is 0.474. The third-order valence-corrected chi connectivity index (χ3v) is 4.24. The van der Waals surface area contributed by atoms with Crippen molar-refractivity contribution < 1.29 is 14.1 Å². The predicted molar refractivity (Wildman–Crippen MR) is 97.1 cm³/mol. The van der Waals surface area contributed by atoms with Crippen LogP contribution in [-0.4, -0.2) is 35.0 Å². The summed E-state index contributed by atoms with van der Waals surface area (Å²) in [6.07, 6.45) is 1.92. The fourth-order valence-corrected chi connectivity index (χ4v) is 2.79. The minimum atomic E-state index is -0.193. The lowest BCUT2D eigenvalue weighted by atomic mass is 9.97. The number of amides is 2. The Bertz CT molecular complexity index is 807. The van der Waals surface area contributed by atoms with Crippen molar-refractivity contribution >= 4 is 17.5 Å². The number of hydrogen-bond acceptors (Lipinski definition) is 5. The monoisotopic (exact) mass is 356 g/mol. The summed E-state index contributed by atoms with van der Waals surface area (Å²) in [5, 5.41) is 6.81. The van der Waals surface area contributed by atoms with Crippen LogP contribution in [0.5, 0.6) is 0 Å². The number of nitrogens with one attached hydrogen (secondary N) is 1. The molecule has 0 radical (unpaired) electrons. The molecule has 138 valence electrons. The van der Waals surface area contributed by atoms with Crippen molar-refractivity contribution in [2.75, 3.05) is 18.0 Å². The average molecular weight is 356 g/mol. The first kappa shape index (κ1) is 18.1. The van der Waals surface area contributed by atoms with Crippen LogP contribution in [0, 0.1) is 0 Å². The minimum absolute atomic E-state index is 0.106. The van der Waals surface area contributed by atoms with Crippen LogP contribution in [0.3, 0.4) is 0 Å². The van der Waals surface area contributed by atoms with E-state index < -0.39 is 0 Å². The van der Waals surface area contributed by atoms with Crippen LogP contribution in [0.15, 0.2) is 28.8 Å². The molecule has 2 amide bonds. The highest BCUT2D eigenvalue weighted by molar-refractivity contribution is 5.99. The number of carbonyl (C=O) groups excluding carboxylic acids is 2. The number of anilines is 1. The standard InChI is InChI=1S/C19H24N4O3/c1-19(2,3)18-21-15(22-26-18)9-10-20-17(25)13-6-4-7-14(12-13)23-11-5-8-16(23)24/h4,6-7,12H,5,8-11H2,1-3H3,(H,20,25). The number of aromatic nitrogens is 2. The summed E-state index contributed by atoms with van der Waals surface area (Å²) in [6, 6.07) is 7.15. The average Bonchev–Trinajstić information content (AvgIpc) is 3.23. The van der Waals surface area contributed by atoms with Gasteiger partial charge in [-0.3, -0.25) is 9.59 Å². The summed E-state index contributed by atoms with van der Waals surface area (Å²) >= 11 is 0. The van der Waals surface area contributed by atoms with Gasteiger partial charge in [0.05, 0.1) is 0 Å². The largest absolute Gasteiger partial charge is 0.352 e. The number of carbonyl (C=O) groups is 2. The number of nitrogens with zero attached hydrogens (tertiary/aromatic N) is 3. The Hall–Kier alpha value is -2.70. The van der Waals surface area contributed by atoms with E-state index in [2.05, 4.69) is 15.5 Å². The summed E-state index contributed by atoms with van der Waals surface area (Å²) < 4.78 is 5.24. The molecule has 3 rings (SSSR count). The van der Waals surface area contributed by atoms with E-state index in [0.29, 0.717) is 43.2 Å². The Balaban J connectivity index is 1.57. The predicted octanol–water partition coefficient (Wildman–Crippen LogP) is 2.47. The summed E-state index contributed by atoms with van der Waals surface area (Å²) in [5.74, 6) is 1.08. The quantitative estimate of drug-likeness (QED) is 0.889. The molecular weight excluding hydrogens is 332 g/mol. The van der Waals surface area contributed by atoms with Crippen LogP contribution in [0.2, 0.25) is 0 Å². The van der Waals surface area contributed by atoms with Crippen molar-refractivity contribution in [3.8, 4) is 0 Å². The molecule has 0 unspecified atom stereocenters. The molecule has 1 saturated heterocycles. The molecule has 1 aromatic heterocycles. The van der Waals surface area contributed by atoms with Gasteiger partial charge in [0.15, 0.2) is 5.82 Å². The molecule has 0 bridgehead atoms. The molecule has 0 atom stereocenters. The van der Waals surface area contributed by atoms with Crippen molar-refractivity contribution in [2.24, 2.45) is 0 Å². The van der Waals surface area contributed by atoms with Crippen molar-refractivity contribution in [1.82, 2.24) is 15.5 Å². The van der Waals surface area contributed by atoms with Crippen LogP contribution in [-0.2, 0) is 16.6 Å². The van der Waals surface area contributed by atoms with E-state index in [1.54, 1.807) is 23.1 Å². The second-order valence-corrected chi connectivity index (χ2v) is 7.47. The van der Waals surface area contributed by atoms with E-state index in [9.17, 15) is 9.59 Å². The van der Waals surface area contributed by atoms with Crippen molar-refractivity contribution in [1.29, 1.82) is 0 Å². The molecule has 1 aliphatic heterocycles. The fourth-order valence-electron chi connectivity index (χ4n) is 2.79. The molecule has 7 nitrogen and oxygen atoms in total. The van der Waals surface area contributed by atoms with Crippen LogP contribution >= 0.6 is 0 Å². The van der Waals surface area contributed by atoms with Crippen LogP contribution in [0.4, 0.5) is 5.69 Å². The Morgan fingerprint density at radius 3 is 2.81 bits per heavy atom. The molecule has 1 aromatic carbocycles. The van der Waals surface area contributed by atoms with Crippen LogP contribution in [0.1, 0.15) is 55.7 Å². The van der Waals surface area contributed by atoms with Gasteiger partial charge in [0, 0.05) is 42.6 Å². The van der Waals surface area contributed by atoms with Gasteiger partial charge >= 0.3 is 0 Å². The van der Waals surface area contributed by atoms with E-state index in [1.807, 2.05) is 26.8 Å². The zero-order valence-electron chi connectivity index (χ0n) is 15.4. The van der Waals surface area contributed by atoms with Crippen LogP contribution < -0.4 is 10.2 Å². The minimum Gasteiger partial charge on any atom is -0.352 e. The van der Waals surface area contributed by atoms with Gasteiger partial charge in [-0.15, -0.1) is 0 Å². The maximum absolute atomic E-state index is 12.4. The second kappa shape index (κ2) is 7.27. The highest BCUT2D eigenvalue weighted by atomic mass is 16.5. The van der Waals surface area contributed by atoms with Gasteiger partial charge in [-0.1, -0.05) is 32.0 Å². The Labute approximate surface area is 152 Å². The maximum atomic E-state index is 12.4. The lowest BCUT2D eigenvalue weighted by Gasteiger charge is -2.16. The normalized spacial score (nSPS) is 14.7. The zero-order valence-corrected chi connectivity index (χ0v) is 15.4.